The Morgan fingerprint density at radius 1 is 1.29 bits per heavy atom. The van der Waals surface area contributed by atoms with E-state index in [2.05, 4.69) is 5.32 Å². The van der Waals surface area contributed by atoms with E-state index in [0.29, 0.717) is 5.56 Å². The summed E-state index contributed by atoms with van der Waals surface area (Å²) in [6.07, 6.45) is 3.76. The molecule has 1 fully saturated rings. The number of hydrogen-bond acceptors (Lipinski definition) is 2. The van der Waals surface area contributed by atoms with Crippen LogP contribution >= 0.6 is 0 Å². The van der Waals surface area contributed by atoms with Crippen molar-refractivity contribution >= 4 is 0 Å². The summed E-state index contributed by atoms with van der Waals surface area (Å²) in [5.74, 6) is -0.183. The van der Waals surface area contributed by atoms with Gasteiger partial charge in [-0.15, -0.1) is 0 Å². The maximum atomic E-state index is 13.6. The molecule has 0 amide bonds. The van der Waals surface area contributed by atoms with Crippen LogP contribution in [0.1, 0.15) is 44.2 Å². The zero-order valence-corrected chi connectivity index (χ0v) is 10.2. The summed E-state index contributed by atoms with van der Waals surface area (Å²) < 4.78 is 13.6. The molecular formula is C14H20FNO. The van der Waals surface area contributed by atoms with Crippen LogP contribution in [0.15, 0.2) is 24.3 Å². The topological polar surface area (TPSA) is 32.3 Å². The average molecular weight is 237 g/mol. The molecule has 2 rings (SSSR count). The highest BCUT2D eigenvalue weighted by Crippen LogP contribution is 2.23. The Hall–Kier alpha value is -0.930. The molecule has 17 heavy (non-hydrogen) atoms. The Morgan fingerprint density at radius 2 is 2.00 bits per heavy atom. The standard InChI is InChI=1S/C14H20FNO/c1-10(11-6-2-3-7-12(11)15)16-13-8-4-5-9-14(13)17/h2-3,6-7,10,13-14,16-17H,4-5,8-9H2,1H3/t10?,13-,14-/m0/s1. The van der Waals surface area contributed by atoms with E-state index in [1.54, 1.807) is 12.1 Å². The van der Waals surface area contributed by atoms with E-state index < -0.39 is 0 Å². The van der Waals surface area contributed by atoms with Crippen LogP contribution in [0.3, 0.4) is 0 Å². The number of halogens is 1. The van der Waals surface area contributed by atoms with E-state index >= 15 is 0 Å². The first-order valence-electron chi connectivity index (χ1n) is 6.37. The van der Waals surface area contributed by atoms with Gasteiger partial charge in [0.1, 0.15) is 5.82 Å². The Balaban J connectivity index is 2.01. The summed E-state index contributed by atoms with van der Waals surface area (Å²) in [4.78, 5) is 0. The first-order valence-corrected chi connectivity index (χ1v) is 6.37. The predicted octanol–water partition coefficient (Wildman–Crippen LogP) is 2.78. The summed E-state index contributed by atoms with van der Waals surface area (Å²) in [6, 6.07) is 6.84. The van der Waals surface area contributed by atoms with Crippen LogP contribution < -0.4 is 5.32 Å². The molecule has 94 valence electrons. The number of hydrogen-bond donors (Lipinski definition) is 2. The van der Waals surface area contributed by atoms with Crippen LogP contribution in [-0.2, 0) is 0 Å². The Morgan fingerprint density at radius 3 is 2.71 bits per heavy atom. The number of benzene rings is 1. The van der Waals surface area contributed by atoms with Crippen molar-refractivity contribution in [3.8, 4) is 0 Å². The molecule has 1 aromatic carbocycles. The molecule has 0 aliphatic heterocycles. The molecule has 1 aromatic rings. The molecular weight excluding hydrogens is 217 g/mol. The van der Waals surface area contributed by atoms with Gasteiger partial charge >= 0.3 is 0 Å². The van der Waals surface area contributed by atoms with Gasteiger partial charge in [0.25, 0.3) is 0 Å². The van der Waals surface area contributed by atoms with Crippen molar-refractivity contribution in [2.45, 2.75) is 50.8 Å². The largest absolute Gasteiger partial charge is 0.392 e. The van der Waals surface area contributed by atoms with Crippen LogP contribution in [0.2, 0.25) is 0 Å². The second-order valence-corrected chi connectivity index (χ2v) is 4.87. The van der Waals surface area contributed by atoms with Gasteiger partial charge in [0, 0.05) is 17.6 Å². The van der Waals surface area contributed by atoms with Gasteiger partial charge in [-0.3, -0.25) is 0 Å². The number of aliphatic hydroxyl groups is 1. The fourth-order valence-electron chi connectivity index (χ4n) is 2.54. The highest BCUT2D eigenvalue weighted by atomic mass is 19.1. The lowest BCUT2D eigenvalue weighted by Crippen LogP contribution is -2.43. The third-order valence-corrected chi connectivity index (χ3v) is 3.57. The lowest BCUT2D eigenvalue weighted by Gasteiger charge is -2.31. The summed E-state index contributed by atoms with van der Waals surface area (Å²) >= 11 is 0. The van der Waals surface area contributed by atoms with Crippen molar-refractivity contribution < 1.29 is 9.50 Å². The monoisotopic (exact) mass is 237 g/mol. The van der Waals surface area contributed by atoms with Crippen molar-refractivity contribution in [2.75, 3.05) is 0 Å². The molecule has 0 heterocycles. The molecule has 0 saturated heterocycles. The predicted molar refractivity (Wildman–Crippen MR) is 66.2 cm³/mol. The van der Waals surface area contributed by atoms with Gasteiger partial charge in [0.15, 0.2) is 0 Å². The van der Waals surface area contributed by atoms with E-state index in [1.165, 1.54) is 6.07 Å². The first-order chi connectivity index (χ1) is 8.18. The van der Waals surface area contributed by atoms with Crippen LogP contribution in [-0.4, -0.2) is 17.3 Å². The van der Waals surface area contributed by atoms with Crippen LogP contribution in [0, 0.1) is 5.82 Å². The molecule has 2 N–H and O–H groups in total. The lowest BCUT2D eigenvalue weighted by molar-refractivity contribution is 0.0857. The number of aliphatic hydroxyl groups excluding tert-OH is 1. The van der Waals surface area contributed by atoms with Crippen molar-refractivity contribution in [3.63, 3.8) is 0 Å². The Kier molecular flexibility index (Phi) is 4.13. The first kappa shape index (κ1) is 12.5. The fraction of sp³-hybridized carbons (Fsp3) is 0.571. The molecule has 3 heteroatoms. The normalized spacial score (nSPS) is 26.8. The van der Waals surface area contributed by atoms with Crippen molar-refractivity contribution in [2.24, 2.45) is 0 Å². The van der Waals surface area contributed by atoms with Gasteiger partial charge in [0.2, 0.25) is 0 Å². The van der Waals surface area contributed by atoms with Crippen molar-refractivity contribution in [1.29, 1.82) is 0 Å². The zero-order valence-electron chi connectivity index (χ0n) is 10.2. The van der Waals surface area contributed by atoms with Crippen LogP contribution in [0.25, 0.3) is 0 Å². The summed E-state index contributed by atoms with van der Waals surface area (Å²) in [5, 5.41) is 13.2. The smallest absolute Gasteiger partial charge is 0.127 e. The molecule has 1 aliphatic carbocycles. The third-order valence-electron chi connectivity index (χ3n) is 3.57. The maximum absolute atomic E-state index is 13.6. The SMILES string of the molecule is CC(N[C@H]1CCCC[C@@H]1O)c1ccccc1F. The lowest BCUT2D eigenvalue weighted by atomic mass is 9.91. The molecule has 1 saturated carbocycles. The van der Waals surface area contributed by atoms with E-state index in [4.69, 9.17) is 0 Å². The molecule has 0 bridgehead atoms. The van der Waals surface area contributed by atoms with E-state index in [-0.39, 0.29) is 24.0 Å². The van der Waals surface area contributed by atoms with E-state index in [0.717, 1.165) is 25.7 Å². The molecule has 2 nitrogen and oxygen atoms in total. The Labute approximate surface area is 102 Å². The van der Waals surface area contributed by atoms with Gasteiger partial charge in [-0.05, 0) is 25.8 Å². The molecule has 1 aliphatic rings. The van der Waals surface area contributed by atoms with Gasteiger partial charge < -0.3 is 10.4 Å². The van der Waals surface area contributed by atoms with Gasteiger partial charge in [-0.2, -0.15) is 0 Å². The highest BCUT2D eigenvalue weighted by Gasteiger charge is 2.24. The second-order valence-electron chi connectivity index (χ2n) is 4.87. The average Bonchev–Trinajstić information content (AvgIpc) is 2.32. The van der Waals surface area contributed by atoms with Crippen molar-refractivity contribution in [3.05, 3.63) is 35.6 Å². The van der Waals surface area contributed by atoms with Gasteiger partial charge in [0.05, 0.1) is 6.10 Å². The number of nitrogens with one attached hydrogen (secondary N) is 1. The van der Waals surface area contributed by atoms with Crippen LogP contribution in [0.4, 0.5) is 4.39 Å². The van der Waals surface area contributed by atoms with Gasteiger partial charge in [-0.1, -0.05) is 31.0 Å². The molecule has 3 atom stereocenters. The summed E-state index contributed by atoms with van der Waals surface area (Å²) in [5.41, 5.74) is 0.672. The minimum Gasteiger partial charge on any atom is -0.392 e. The quantitative estimate of drug-likeness (QED) is 0.847. The third kappa shape index (κ3) is 3.05. The fourth-order valence-corrected chi connectivity index (χ4v) is 2.54. The summed E-state index contributed by atoms with van der Waals surface area (Å²) in [7, 11) is 0. The second kappa shape index (κ2) is 5.61. The zero-order chi connectivity index (χ0) is 12.3. The summed E-state index contributed by atoms with van der Waals surface area (Å²) in [6.45, 7) is 1.94. The highest BCUT2D eigenvalue weighted by molar-refractivity contribution is 5.20. The molecule has 0 spiro atoms. The maximum Gasteiger partial charge on any atom is 0.127 e. The van der Waals surface area contributed by atoms with E-state index in [1.807, 2.05) is 13.0 Å². The molecule has 1 unspecified atom stereocenters. The molecule has 0 radical (unpaired) electrons. The minimum atomic E-state index is -0.294. The minimum absolute atomic E-state index is 0.0612. The Bertz CT molecular complexity index is 369. The van der Waals surface area contributed by atoms with Gasteiger partial charge in [-0.25, -0.2) is 4.39 Å². The van der Waals surface area contributed by atoms with E-state index in [9.17, 15) is 9.50 Å². The number of rotatable bonds is 3. The van der Waals surface area contributed by atoms with Crippen molar-refractivity contribution in [1.82, 2.24) is 5.32 Å². The molecule has 0 aromatic heterocycles. The van der Waals surface area contributed by atoms with Crippen LogP contribution in [0.5, 0.6) is 0 Å².